The summed E-state index contributed by atoms with van der Waals surface area (Å²) >= 11 is 0. The number of hydrogen-bond donors (Lipinski definition) is 5. The maximum absolute atomic E-state index is 12.8. The Hall–Kier alpha value is -3.63. The van der Waals surface area contributed by atoms with Gasteiger partial charge in [-0.1, -0.05) is 12.1 Å². The van der Waals surface area contributed by atoms with Crippen LogP contribution in [0.3, 0.4) is 0 Å². The van der Waals surface area contributed by atoms with Gasteiger partial charge in [-0.15, -0.1) is 0 Å². The first-order valence-corrected chi connectivity index (χ1v) is 8.71. The molecule has 0 fully saturated rings. The largest absolute Gasteiger partial charge is 0.481 e. The van der Waals surface area contributed by atoms with Crippen LogP contribution in [0.1, 0.15) is 26.7 Å². The second-order valence-corrected chi connectivity index (χ2v) is 6.59. The fraction of sp³-hybridized carbons (Fsp3) is 0.389. The zero-order valence-electron chi connectivity index (χ0n) is 16.8. The summed E-state index contributed by atoms with van der Waals surface area (Å²) < 4.78 is 13.6. The first-order valence-electron chi connectivity index (χ1n) is 9.15. The van der Waals surface area contributed by atoms with E-state index < -0.39 is 53.7 Å². The fourth-order valence-corrected chi connectivity index (χ4v) is 2.51. The van der Waals surface area contributed by atoms with Crippen LogP contribution in [0.5, 0.6) is 5.75 Å². The van der Waals surface area contributed by atoms with Crippen LogP contribution in [0.2, 0.25) is 1.41 Å². The minimum atomic E-state index is -2.10. The molecule has 0 saturated carbocycles. The summed E-state index contributed by atoms with van der Waals surface area (Å²) in [7, 11) is 0. The molecular formula is C18H22N4O7. The van der Waals surface area contributed by atoms with Crippen LogP contribution in [-0.2, 0) is 24.0 Å². The maximum Gasteiger partial charge on any atom is 0.303 e. The normalized spacial score (nSPS) is 20.1. The van der Waals surface area contributed by atoms with Crippen molar-refractivity contribution in [1.82, 2.24) is 10.6 Å². The third kappa shape index (κ3) is 5.00. The number of nitrogens with one attached hydrogen (secondary N) is 3. The van der Waals surface area contributed by atoms with Gasteiger partial charge in [0, 0.05) is 6.42 Å². The Labute approximate surface area is 167 Å². The van der Waals surface area contributed by atoms with Gasteiger partial charge in [0.05, 0.1) is 5.69 Å². The van der Waals surface area contributed by atoms with Gasteiger partial charge in [-0.05, 0) is 32.4 Å². The van der Waals surface area contributed by atoms with Gasteiger partial charge in [0.15, 0.2) is 1.41 Å². The molecule has 156 valence electrons. The van der Waals surface area contributed by atoms with Gasteiger partial charge >= 0.3 is 5.97 Å². The summed E-state index contributed by atoms with van der Waals surface area (Å²) in [5.74, 6) is -4.77. The Balaban J connectivity index is 2.12. The van der Waals surface area contributed by atoms with Crippen molar-refractivity contribution < 1.29 is 35.2 Å². The summed E-state index contributed by atoms with van der Waals surface area (Å²) in [5, 5.41) is 13.7. The van der Waals surface area contributed by atoms with Crippen LogP contribution in [0, 0.1) is 0 Å². The number of benzene rings is 1. The Morgan fingerprint density at radius 2 is 2.00 bits per heavy atom. The topological polar surface area (TPSA) is 177 Å². The molecule has 4 amide bonds. The number of fused-ring (bicyclic) bond motifs is 1. The lowest BCUT2D eigenvalue weighted by Gasteiger charge is -2.34. The molecule has 0 radical (unpaired) electrons. The number of carbonyl (C=O) groups is 5. The van der Waals surface area contributed by atoms with Crippen LogP contribution in [-0.4, -0.2) is 52.4 Å². The van der Waals surface area contributed by atoms with E-state index in [1.807, 2.05) is 0 Å². The smallest absolute Gasteiger partial charge is 0.303 e. The monoisotopic (exact) mass is 407 g/mol. The van der Waals surface area contributed by atoms with Crippen molar-refractivity contribution in [3.8, 4) is 5.75 Å². The molecule has 1 aromatic rings. The number of hydrogen-bond acceptors (Lipinski definition) is 6. The first-order chi connectivity index (χ1) is 14.0. The van der Waals surface area contributed by atoms with Crippen LogP contribution < -0.4 is 26.4 Å². The van der Waals surface area contributed by atoms with E-state index in [2.05, 4.69) is 10.6 Å². The number of primary amides is 1. The fourth-order valence-electron chi connectivity index (χ4n) is 2.51. The number of carbonyl (C=O) groups excluding carboxylic acids is 4. The van der Waals surface area contributed by atoms with Gasteiger partial charge in [0.2, 0.25) is 11.8 Å². The third-order valence-electron chi connectivity index (χ3n) is 4.29. The molecule has 0 saturated heterocycles. The highest BCUT2D eigenvalue weighted by Crippen LogP contribution is 2.33. The molecule has 1 aliphatic heterocycles. The molecule has 6 N–H and O–H groups in total. The van der Waals surface area contributed by atoms with Crippen LogP contribution >= 0.6 is 0 Å². The lowest BCUT2D eigenvalue weighted by atomic mass is 10.0. The third-order valence-corrected chi connectivity index (χ3v) is 4.29. The number of amides is 4. The van der Waals surface area contributed by atoms with Crippen molar-refractivity contribution in [2.24, 2.45) is 5.73 Å². The van der Waals surface area contributed by atoms with Crippen molar-refractivity contribution in [3.63, 3.8) is 0 Å². The van der Waals surface area contributed by atoms with Gasteiger partial charge < -0.3 is 31.5 Å². The molecule has 0 aliphatic carbocycles. The van der Waals surface area contributed by atoms with Crippen molar-refractivity contribution in [3.05, 3.63) is 24.3 Å². The lowest BCUT2D eigenvalue weighted by molar-refractivity contribution is -0.148. The molecular weight excluding hydrogens is 384 g/mol. The van der Waals surface area contributed by atoms with E-state index in [1.54, 1.807) is 18.2 Å². The average Bonchev–Trinajstić information content (AvgIpc) is 2.69. The Morgan fingerprint density at radius 3 is 2.62 bits per heavy atom. The Bertz CT molecular complexity index is 893. The highest BCUT2D eigenvalue weighted by atomic mass is 16.5. The predicted molar refractivity (Wildman–Crippen MR) is 99.7 cm³/mol. The number of para-hydroxylation sites is 2. The number of aliphatic carboxylic acids is 1. The summed E-state index contributed by atoms with van der Waals surface area (Å²) in [4.78, 5) is 59.8. The molecule has 0 spiro atoms. The molecule has 1 unspecified atom stereocenters. The van der Waals surface area contributed by atoms with Crippen LogP contribution in [0.25, 0.3) is 0 Å². The van der Waals surface area contributed by atoms with E-state index in [1.165, 1.54) is 19.9 Å². The number of carboxylic acids is 1. The van der Waals surface area contributed by atoms with Crippen molar-refractivity contribution >= 4 is 35.3 Å². The quantitative estimate of drug-likeness (QED) is 0.347. The molecule has 0 bridgehead atoms. The minimum Gasteiger partial charge on any atom is -0.481 e. The van der Waals surface area contributed by atoms with Gasteiger partial charge in [-0.3, -0.25) is 24.0 Å². The van der Waals surface area contributed by atoms with E-state index in [-0.39, 0.29) is 17.5 Å². The summed E-state index contributed by atoms with van der Waals surface area (Å²) in [6, 6.07) is 3.68. The second kappa shape index (κ2) is 8.59. The first kappa shape index (κ1) is 20.1. The number of anilines is 1. The average molecular weight is 407 g/mol. The maximum atomic E-state index is 12.8. The highest BCUT2D eigenvalue weighted by Gasteiger charge is 2.47. The van der Waals surface area contributed by atoms with E-state index >= 15 is 0 Å². The molecule has 11 heteroatoms. The molecule has 0 aromatic heterocycles. The van der Waals surface area contributed by atoms with Crippen LogP contribution in [0.4, 0.5) is 5.69 Å². The zero-order chi connectivity index (χ0) is 22.6. The molecule has 1 heterocycles. The van der Waals surface area contributed by atoms with Gasteiger partial charge in [-0.25, -0.2) is 0 Å². The molecule has 3 atom stereocenters. The minimum absolute atomic E-state index is 0.223. The van der Waals surface area contributed by atoms with E-state index in [0.717, 1.165) is 0 Å². The van der Waals surface area contributed by atoms with E-state index in [0.29, 0.717) is 5.69 Å². The number of rotatable bonds is 8. The van der Waals surface area contributed by atoms with Crippen molar-refractivity contribution in [2.75, 3.05) is 5.32 Å². The highest BCUT2D eigenvalue weighted by molar-refractivity contribution is 6.15. The van der Waals surface area contributed by atoms with Gasteiger partial charge in [-0.2, -0.15) is 0 Å². The van der Waals surface area contributed by atoms with Gasteiger partial charge in [0.25, 0.3) is 17.4 Å². The second-order valence-electron chi connectivity index (χ2n) is 6.59. The number of ether oxygens (including phenoxy) is 1. The standard InChI is InChI=1S/C18H22N4O7/c1-9(15(26)21-11(14(19)25)7-8-13(23)24)20-16(27)18(2)17(28)22-10-5-3-4-6-12(10)29-18/h3-6,9,11H,7-8H2,1-2H3,(H2,19,25)(H,20,27)(H,21,26)(H,22,28)(H,23,24)/t9-,11+,18?/m1/s1/i/hD. The van der Waals surface area contributed by atoms with Crippen molar-refractivity contribution in [2.45, 2.75) is 44.4 Å². The lowest BCUT2D eigenvalue weighted by Crippen LogP contribution is -2.62. The van der Waals surface area contributed by atoms with E-state index in [4.69, 9.17) is 17.0 Å². The molecule has 2 rings (SSSR count). The number of nitrogens with two attached hydrogens (primary N) is 1. The molecule has 11 nitrogen and oxygen atoms in total. The Morgan fingerprint density at radius 1 is 1.34 bits per heavy atom. The molecule has 29 heavy (non-hydrogen) atoms. The SMILES string of the molecule is [2H]N(C(=O)C1(C)Oc2ccccc2NC1=O)[C@H](C)C(=O)N[C@@H](CCC(=O)O)C(N)=O. The Kier molecular flexibility index (Phi) is 5.96. The molecule has 1 aromatic carbocycles. The number of carboxylic acid groups (broad SMARTS) is 1. The predicted octanol–water partition coefficient (Wildman–Crippen LogP) is -0.884. The summed E-state index contributed by atoms with van der Waals surface area (Å²) in [5.41, 5.74) is 3.42. The zero-order valence-corrected chi connectivity index (χ0v) is 15.8. The summed E-state index contributed by atoms with van der Waals surface area (Å²) in [6.07, 6.45) is -0.674. The van der Waals surface area contributed by atoms with Crippen LogP contribution in [0.15, 0.2) is 24.3 Å². The van der Waals surface area contributed by atoms with E-state index in [9.17, 15) is 24.0 Å². The summed E-state index contributed by atoms with van der Waals surface area (Å²) in [6.45, 7) is 2.37. The van der Waals surface area contributed by atoms with Gasteiger partial charge in [0.1, 0.15) is 17.8 Å². The molecule has 1 aliphatic rings. The van der Waals surface area contributed by atoms with Crippen molar-refractivity contribution in [1.29, 1.82) is 0 Å².